The molecule has 1 N–H and O–H groups in total. The van der Waals surface area contributed by atoms with E-state index in [4.69, 9.17) is 4.74 Å². The second-order valence-electron chi connectivity index (χ2n) is 5.46. The molecule has 0 saturated carbocycles. The molecule has 1 amide bonds. The van der Waals surface area contributed by atoms with Crippen molar-refractivity contribution in [3.63, 3.8) is 0 Å². The Balaban J connectivity index is 2.02. The van der Waals surface area contributed by atoms with Crippen LogP contribution in [0.1, 0.15) is 17.3 Å². The van der Waals surface area contributed by atoms with E-state index in [9.17, 15) is 14.0 Å². The third-order valence-corrected chi connectivity index (χ3v) is 3.38. The minimum atomic E-state index is -1.06. The van der Waals surface area contributed by atoms with Crippen LogP contribution in [0.25, 0.3) is 0 Å². The molecular weight excluding hydrogens is 311 g/mol. The van der Waals surface area contributed by atoms with Gasteiger partial charge in [-0.25, -0.2) is 9.18 Å². The van der Waals surface area contributed by atoms with Crippen LogP contribution in [0.3, 0.4) is 0 Å². The van der Waals surface area contributed by atoms with E-state index in [-0.39, 0.29) is 5.69 Å². The fraction of sp³-hybridized carbons (Fsp3) is 0.222. The first-order chi connectivity index (χ1) is 11.4. The van der Waals surface area contributed by atoms with E-state index < -0.39 is 23.8 Å². The van der Waals surface area contributed by atoms with Crippen LogP contribution < -0.4 is 10.2 Å². The molecule has 2 rings (SSSR count). The van der Waals surface area contributed by atoms with E-state index in [2.05, 4.69) is 5.32 Å². The van der Waals surface area contributed by atoms with Crippen LogP contribution in [-0.4, -0.2) is 32.1 Å². The van der Waals surface area contributed by atoms with E-state index >= 15 is 0 Å². The summed E-state index contributed by atoms with van der Waals surface area (Å²) in [4.78, 5) is 26.1. The number of hydrogen-bond acceptors (Lipinski definition) is 4. The van der Waals surface area contributed by atoms with Gasteiger partial charge in [0.25, 0.3) is 5.91 Å². The van der Waals surface area contributed by atoms with Crippen LogP contribution in [0, 0.1) is 5.82 Å². The number of nitrogens with zero attached hydrogens (tertiary/aromatic N) is 1. The molecule has 0 aliphatic rings. The highest BCUT2D eigenvalue weighted by Crippen LogP contribution is 2.16. The van der Waals surface area contributed by atoms with Gasteiger partial charge in [-0.1, -0.05) is 18.2 Å². The maximum Gasteiger partial charge on any atom is 0.338 e. The number of hydrogen-bond donors (Lipinski definition) is 1. The summed E-state index contributed by atoms with van der Waals surface area (Å²) in [5.74, 6) is -1.77. The van der Waals surface area contributed by atoms with Crippen molar-refractivity contribution in [1.82, 2.24) is 0 Å². The number of carbonyl (C=O) groups is 2. The molecule has 0 aromatic heterocycles. The van der Waals surface area contributed by atoms with Crippen LogP contribution in [0.5, 0.6) is 0 Å². The Morgan fingerprint density at radius 1 is 1.12 bits per heavy atom. The molecule has 0 heterocycles. The topological polar surface area (TPSA) is 58.6 Å². The maximum absolute atomic E-state index is 13.5. The zero-order chi connectivity index (χ0) is 17.7. The van der Waals surface area contributed by atoms with Crippen molar-refractivity contribution in [2.75, 3.05) is 24.3 Å². The fourth-order valence-electron chi connectivity index (χ4n) is 1.99. The largest absolute Gasteiger partial charge is 0.449 e. The lowest BCUT2D eigenvalue weighted by Crippen LogP contribution is -2.30. The first-order valence-electron chi connectivity index (χ1n) is 7.42. The van der Waals surface area contributed by atoms with Gasteiger partial charge >= 0.3 is 5.97 Å². The highest BCUT2D eigenvalue weighted by Gasteiger charge is 2.20. The molecule has 0 aliphatic heterocycles. The van der Waals surface area contributed by atoms with Gasteiger partial charge in [-0.15, -0.1) is 0 Å². The Labute approximate surface area is 140 Å². The number of nitrogens with one attached hydrogen (secondary N) is 1. The molecule has 0 saturated heterocycles. The fourth-order valence-corrected chi connectivity index (χ4v) is 1.99. The molecule has 0 bridgehead atoms. The van der Waals surface area contributed by atoms with Crippen LogP contribution in [0.4, 0.5) is 15.8 Å². The highest BCUT2D eigenvalue weighted by molar-refractivity contribution is 5.97. The quantitative estimate of drug-likeness (QED) is 0.856. The second kappa shape index (κ2) is 7.59. The molecule has 126 valence electrons. The molecular formula is C18H19FN2O3. The normalized spacial score (nSPS) is 11.5. The smallest absolute Gasteiger partial charge is 0.338 e. The van der Waals surface area contributed by atoms with Gasteiger partial charge in [0.2, 0.25) is 0 Å². The maximum atomic E-state index is 13.5. The number of amides is 1. The number of rotatable bonds is 5. The van der Waals surface area contributed by atoms with Crippen LogP contribution in [0.2, 0.25) is 0 Å². The summed E-state index contributed by atoms with van der Waals surface area (Å²) in [5, 5.41) is 2.40. The number of anilines is 2. The standard InChI is InChI=1S/C18H19FN2O3/c1-12(17(22)20-16-10-5-4-9-15(16)19)24-18(23)13-7-6-8-14(11-13)21(2)3/h4-12H,1-3H3,(H,20,22)/t12-/m0/s1. The van der Waals surface area contributed by atoms with E-state index in [1.54, 1.807) is 24.3 Å². The Hall–Kier alpha value is -2.89. The minimum Gasteiger partial charge on any atom is -0.449 e. The van der Waals surface area contributed by atoms with Gasteiger partial charge in [-0.2, -0.15) is 0 Å². The molecule has 0 fully saturated rings. The lowest BCUT2D eigenvalue weighted by molar-refractivity contribution is -0.123. The van der Waals surface area contributed by atoms with Gasteiger partial charge in [0.15, 0.2) is 6.10 Å². The summed E-state index contributed by atoms with van der Waals surface area (Å²) in [7, 11) is 3.71. The van der Waals surface area contributed by atoms with Gasteiger partial charge in [-0.05, 0) is 37.3 Å². The third kappa shape index (κ3) is 4.32. The average molecular weight is 330 g/mol. The molecule has 0 unspecified atom stereocenters. The number of esters is 1. The lowest BCUT2D eigenvalue weighted by atomic mass is 10.2. The predicted molar refractivity (Wildman–Crippen MR) is 90.7 cm³/mol. The summed E-state index contributed by atoms with van der Waals surface area (Å²) in [6.45, 7) is 1.43. The van der Waals surface area contributed by atoms with Crippen molar-refractivity contribution < 1.29 is 18.7 Å². The third-order valence-electron chi connectivity index (χ3n) is 3.38. The van der Waals surface area contributed by atoms with Crippen LogP contribution in [-0.2, 0) is 9.53 Å². The van der Waals surface area contributed by atoms with Gasteiger partial charge in [0.05, 0.1) is 11.3 Å². The first-order valence-corrected chi connectivity index (χ1v) is 7.42. The molecule has 5 nitrogen and oxygen atoms in total. The SMILES string of the molecule is C[C@H](OC(=O)c1cccc(N(C)C)c1)C(=O)Nc1ccccc1F. The number of halogens is 1. The summed E-state index contributed by atoms with van der Waals surface area (Å²) >= 11 is 0. The number of para-hydroxylation sites is 1. The highest BCUT2D eigenvalue weighted by atomic mass is 19.1. The van der Waals surface area contributed by atoms with Gasteiger partial charge in [0, 0.05) is 19.8 Å². The molecule has 2 aromatic rings. The van der Waals surface area contributed by atoms with E-state index in [1.807, 2.05) is 25.1 Å². The average Bonchev–Trinajstić information content (AvgIpc) is 2.56. The summed E-state index contributed by atoms with van der Waals surface area (Å²) in [6.07, 6.45) is -1.06. The van der Waals surface area contributed by atoms with Crippen molar-refractivity contribution in [3.05, 3.63) is 59.9 Å². The van der Waals surface area contributed by atoms with Gasteiger partial charge in [-0.3, -0.25) is 4.79 Å². The van der Waals surface area contributed by atoms with Crippen LogP contribution in [0.15, 0.2) is 48.5 Å². The monoisotopic (exact) mass is 330 g/mol. The van der Waals surface area contributed by atoms with E-state index in [0.29, 0.717) is 5.56 Å². The zero-order valence-electron chi connectivity index (χ0n) is 13.7. The lowest BCUT2D eigenvalue weighted by Gasteiger charge is -2.16. The van der Waals surface area contributed by atoms with Gasteiger partial charge in [0.1, 0.15) is 5.82 Å². The Morgan fingerprint density at radius 2 is 1.83 bits per heavy atom. The van der Waals surface area contributed by atoms with Crippen molar-refractivity contribution in [1.29, 1.82) is 0 Å². The van der Waals surface area contributed by atoms with E-state index in [0.717, 1.165) is 5.69 Å². The van der Waals surface area contributed by atoms with Crippen molar-refractivity contribution >= 4 is 23.3 Å². The Kier molecular flexibility index (Phi) is 5.52. The number of benzene rings is 2. The molecule has 0 aliphatic carbocycles. The summed E-state index contributed by atoms with van der Waals surface area (Å²) in [5.41, 5.74) is 1.22. The van der Waals surface area contributed by atoms with Crippen molar-refractivity contribution in [2.45, 2.75) is 13.0 Å². The second-order valence-corrected chi connectivity index (χ2v) is 5.46. The molecule has 2 aromatic carbocycles. The molecule has 1 atom stereocenters. The molecule has 0 spiro atoms. The molecule has 6 heteroatoms. The first kappa shape index (κ1) is 17.5. The van der Waals surface area contributed by atoms with Crippen molar-refractivity contribution in [2.24, 2.45) is 0 Å². The van der Waals surface area contributed by atoms with Crippen molar-refractivity contribution in [3.8, 4) is 0 Å². The van der Waals surface area contributed by atoms with E-state index in [1.165, 1.54) is 25.1 Å². The molecule has 24 heavy (non-hydrogen) atoms. The molecule has 0 radical (unpaired) electrons. The minimum absolute atomic E-state index is 0.0417. The van der Waals surface area contributed by atoms with Gasteiger partial charge < -0.3 is 15.0 Å². The number of carbonyl (C=O) groups excluding carboxylic acids is 2. The Morgan fingerprint density at radius 3 is 2.50 bits per heavy atom. The predicted octanol–water partition coefficient (Wildman–Crippen LogP) is 3.08. The Bertz CT molecular complexity index is 747. The zero-order valence-corrected chi connectivity index (χ0v) is 13.7. The summed E-state index contributed by atoms with van der Waals surface area (Å²) in [6, 6.07) is 12.7. The number of ether oxygens (including phenoxy) is 1. The summed E-state index contributed by atoms with van der Waals surface area (Å²) < 4.78 is 18.7. The van der Waals surface area contributed by atoms with Crippen LogP contribution >= 0.6 is 0 Å².